The molecule has 0 aromatic heterocycles. The molecule has 0 aliphatic carbocycles. The predicted octanol–water partition coefficient (Wildman–Crippen LogP) is 4.85. The van der Waals surface area contributed by atoms with Crippen LogP contribution in [0, 0.1) is 0 Å². The molecule has 3 aromatic rings. The van der Waals surface area contributed by atoms with Crippen molar-refractivity contribution >= 4 is 17.5 Å². The minimum Gasteiger partial charge on any atom is -0.457 e. The van der Waals surface area contributed by atoms with Crippen LogP contribution in [0.5, 0.6) is 11.5 Å². The van der Waals surface area contributed by atoms with Crippen LogP contribution >= 0.6 is 0 Å². The molecule has 5 nitrogen and oxygen atoms in total. The Kier molecular flexibility index (Phi) is 5.56. The molecule has 1 saturated heterocycles. The largest absolute Gasteiger partial charge is 0.457 e. The van der Waals surface area contributed by atoms with Crippen molar-refractivity contribution in [3.63, 3.8) is 0 Å². The number of nitrogens with one attached hydrogen (secondary N) is 1. The third kappa shape index (κ3) is 4.82. The van der Waals surface area contributed by atoms with Gasteiger partial charge >= 0.3 is 0 Å². The zero-order valence-corrected chi connectivity index (χ0v) is 16.0. The molecule has 4 rings (SSSR count). The first-order chi connectivity index (χ1) is 14.2. The van der Waals surface area contributed by atoms with Crippen molar-refractivity contribution in [1.29, 1.82) is 0 Å². The molecule has 2 amide bonds. The molecule has 0 bridgehead atoms. The average Bonchev–Trinajstić information content (AvgIpc) is 3.15. The first-order valence-corrected chi connectivity index (χ1v) is 9.68. The molecular weight excluding hydrogens is 364 g/mol. The average molecular weight is 386 g/mol. The van der Waals surface area contributed by atoms with Gasteiger partial charge in [-0.3, -0.25) is 9.59 Å². The summed E-state index contributed by atoms with van der Waals surface area (Å²) >= 11 is 0. The van der Waals surface area contributed by atoms with Gasteiger partial charge in [0, 0.05) is 30.8 Å². The van der Waals surface area contributed by atoms with Gasteiger partial charge in [0.05, 0.1) is 0 Å². The number of rotatable bonds is 6. The highest BCUT2D eigenvalue weighted by Gasteiger charge is 2.20. The first-order valence-electron chi connectivity index (χ1n) is 9.68. The number of nitrogens with zero attached hydrogens (tertiary/aromatic N) is 1. The minimum atomic E-state index is -0.184. The fourth-order valence-corrected chi connectivity index (χ4v) is 3.34. The number of amides is 2. The van der Waals surface area contributed by atoms with E-state index in [2.05, 4.69) is 5.32 Å². The molecule has 1 aliphatic rings. The molecule has 0 radical (unpaired) electrons. The number of hydrogen-bond donors (Lipinski definition) is 1. The maximum absolute atomic E-state index is 12.6. The van der Waals surface area contributed by atoms with Gasteiger partial charge in [0.1, 0.15) is 11.5 Å². The van der Waals surface area contributed by atoms with Crippen molar-refractivity contribution in [3.05, 3.63) is 90.0 Å². The summed E-state index contributed by atoms with van der Waals surface area (Å²) in [6, 6.07) is 24.2. The van der Waals surface area contributed by atoms with E-state index in [-0.39, 0.29) is 11.8 Å². The Bertz CT molecular complexity index is 1000. The molecule has 0 saturated carbocycles. The van der Waals surface area contributed by atoms with Gasteiger partial charge in [0.15, 0.2) is 0 Å². The molecule has 0 unspecified atom stereocenters. The standard InChI is InChI=1S/C24H22N2O3/c27-23-10-5-15-26(23)17-18-6-4-7-19(16-18)24(28)25-20-11-13-22(14-12-20)29-21-8-2-1-3-9-21/h1-4,6-9,11-14,16H,5,10,15,17H2,(H,25,28). The number of carbonyl (C=O) groups excluding carboxylic acids is 2. The van der Waals surface area contributed by atoms with Crippen molar-refractivity contribution in [2.75, 3.05) is 11.9 Å². The van der Waals surface area contributed by atoms with Crippen LogP contribution in [0.15, 0.2) is 78.9 Å². The molecule has 146 valence electrons. The summed E-state index contributed by atoms with van der Waals surface area (Å²) in [5.74, 6) is 1.46. The number of carbonyl (C=O) groups is 2. The Balaban J connectivity index is 1.38. The maximum Gasteiger partial charge on any atom is 0.255 e. The van der Waals surface area contributed by atoms with Crippen molar-refractivity contribution < 1.29 is 14.3 Å². The fraction of sp³-hybridized carbons (Fsp3) is 0.167. The Morgan fingerprint density at radius 2 is 1.69 bits per heavy atom. The minimum absolute atomic E-state index is 0.178. The lowest BCUT2D eigenvalue weighted by Crippen LogP contribution is -2.24. The first kappa shape index (κ1) is 18.7. The second-order valence-electron chi connectivity index (χ2n) is 7.01. The number of hydrogen-bond acceptors (Lipinski definition) is 3. The van der Waals surface area contributed by atoms with Crippen molar-refractivity contribution in [2.45, 2.75) is 19.4 Å². The second-order valence-corrected chi connectivity index (χ2v) is 7.01. The molecule has 0 atom stereocenters. The number of anilines is 1. The monoisotopic (exact) mass is 386 g/mol. The Morgan fingerprint density at radius 1 is 0.931 bits per heavy atom. The van der Waals surface area contributed by atoms with E-state index in [1.165, 1.54) is 0 Å². The zero-order chi connectivity index (χ0) is 20.1. The molecule has 29 heavy (non-hydrogen) atoms. The van der Waals surface area contributed by atoms with Crippen LogP contribution in [-0.2, 0) is 11.3 Å². The molecular formula is C24H22N2O3. The van der Waals surface area contributed by atoms with Crippen LogP contribution in [0.1, 0.15) is 28.8 Å². The van der Waals surface area contributed by atoms with Crippen LogP contribution in [0.2, 0.25) is 0 Å². The van der Waals surface area contributed by atoms with Gasteiger partial charge in [-0.05, 0) is 60.5 Å². The fourth-order valence-electron chi connectivity index (χ4n) is 3.34. The molecule has 3 aromatic carbocycles. The van der Waals surface area contributed by atoms with E-state index in [4.69, 9.17) is 4.74 Å². The highest BCUT2D eigenvalue weighted by Crippen LogP contribution is 2.23. The van der Waals surface area contributed by atoms with Crippen LogP contribution in [0.4, 0.5) is 5.69 Å². The Hall–Kier alpha value is -3.60. The summed E-state index contributed by atoms with van der Waals surface area (Å²) in [6.07, 6.45) is 1.52. The van der Waals surface area contributed by atoms with E-state index in [0.717, 1.165) is 24.3 Å². The predicted molar refractivity (Wildman–Crippen MR) is 112 cm³/mol. The van der Waals surface area contributed by atoms with Crippen molar-refractivity contribution in [3.8, 4) is 11.5 Å². The lowest BCUT2D eigenvalue weighted by molar-refractivity contribution is -0.128. The topological polar surface area (TPSA) is 58.6 Å². The summed E-state index contributed by atoms with van der Waals surface area (Å²) < 4.78 is 5.77. The Morgan fingerprint density at radius 3 is 2.41 bits per heavy atom. The summed E-state index contributed by atoms with van der Waals surface area (Å²) in [5, 5.41) is 2.90. The Labute approximate surface area is 169 Å². The van der Waals surface area contributed by atoms with E-state index >= 15 is 0 Å². The van der Waals surface area contributed by atoms with Crippen LogP contribution in [0.25, 0.3) is 0 Å². The normalized spacial score (nSPS) is 13.4. The van der Waals surface area contributed by atoms with Gasteiger partial charge in [-0.25, -0.2) is 0 Å². The van der Waals surface area contributed by atoms with E-state index < -0.39 is 0 Å². The highest BCUT2D eigenvalue weighted by molar-refractivity contribution is 6.04. The summed E-state index contributed by atoms with van der Waals surface area (Å²) in [6.45, 7) is 1.33. The second kappa shape index (κ2) is 8.61. The number of benzene rings is 3. The molecule has 1 aliphatic heterocycles. The van der Waals surface area contributed by atoms with Gasteiger partial charge in [-0.1, -0.05) is 30.3 Å². The van der Waals surface area contributed by atoms with Crippen LogP contribution in [0.3, 0.4) is 0 Å². The summed E-state index contributed by atoms with van der Waals surface area (Å²) in [7, 11) is 0. The molecule has 1 N–H and O–H groups in total. The number of ether oxygens (including phenoxy) is 1. The zero-order valence-electron chi connectivity index (χ0n) is 16.0. The molecule has 1 heterocycles. The molecule has 1 fully saturated rings. The van der Waals surface area contributed by atoms with E-state index in [0.29, 0.717) is 30.0 Å². The summed E-state index contributed by atoms with van der Waals surface area (Å²) in [4.78, 5) is 26.3. The third-order valence-corrected chi connectivity index (χ3v) is 4.83. The SMILES string of the molecule is O=C(Nc1ccc(Oc2ccccc2)cc1)c1cccc(CN2CCCC2=O)c1. The van der Waals surface area contributed by atoms with Gasteiger partial charge in [0.2, 0.25) is 5.91 Å². The van der Waals surface area contributed by atoms with Crippen LogP contribution in [-0.4, -0.2) is 23.3 Å². The maximum atomic E-state index is 12.6. The smallest absolute Gasteiger partial charge is 0.255 e. The number of likely N-dealkylation sites (tertiary alicyclic amines) is 1. The van der Waals surface area contributed by atoms with E-state index in [9.17, 15) is 9.59 Å². The highest BCUT2D eigenvalue weighted by atomic mass is 16.5. The van der Waals surface area contributed by atoms with Crippen molar-refractivity contribution in [2.24, 2.45) is 0 Å². The molecule has 5 heteroatoms. The molecule has 0 spiro atoms. The summed E-state index contributed by atoms with van der Waals surface area (Å²) in [5.41, 5.74) is 2.22. The van der Waals surface area contributed by atoms with Gasteiger partial charge in [-0.2, -0.15) is 0 Å². The lowest BCUT2D eigenvalue weighted by atomic mass is 10.1. The quantitative estimate of drug-likeness (QED) is 0.659. The van der Waals surface area contributed by atoms with E-state index in [1.807, 2.05) is 77.7 Å². The van der Waals surface area contributed by atoms with Gasteiger partial charge in [-0.15, -0.1) is 0 Å². The lowest BCUT2D eigenvalue weighted by Gasteiger charge is -2.16. The third-order valence-electron chi connectivity index (χ3n) is 4.83. The van der Waals surface area contributed by atoms with E-state index in [1.54, 1.807) is 6.07 Å². The van der Waals surface area contributed by atoms with Crippen molar-refractivity contribution in [1.82, 2.24) is 4.90 Å². The van der Waals surface area contributed by atoms with Gasteiger partial charge in [0.25, 0.3) is 5.91 Å². The number of para-hydroxylation sites is 1. The van der Waals surface area contributed by atoms with Gasteiger partial charge < -0.3 is 15.0 Å². The van der Waals surface area contributed by atoms with Crippen LogP contribution < -0.4 is 10.1 Å².